The molecule has 3 unspecified atom stereocenters. The maximum atomic E-state index is 14.2. The summed E-state index contributed by atoms with van der Waals surface area (Å²) >= 11 is 9.41. The second-order valence-electron chi connectivity index (χ2n) is 5.81. The van der Waals surface area contributed by atoms with Crippen LogP contribution in [-0.4, -0.2) is 6.54 Å². The summed E-state index contributed by atoms with van der Waals surface area (Å²) in [4.78, 5) is 0. The van der Waals surface area contributed by atoms with Crippen molar-refractivity contribution in [2.75, 3.05) is 6.54 Å². The number of rotatable bonds is 4. The Bertz CT molecular complexity index is 483. The first-order chi connectivity index (χ1) is 9.10. The highest BCUT2D eigenvalue weighted by Crippen LogP contribution is 2.57. The molecule has 2 fully saturated rings. The van der Waals surface area contributed by atoms with Crippen LogP contribution in [0.15, 0.2) is 16.6 Å². The highest BCUT2D eigenvalue weighted by atomic mass is 79.9. The number of halogens is 3. The number of nitrogens with one attached hydrogen (secondary N) is 1. The Morgan fingerprint density at radius 3 is 2.68 bits per heavy atom. The molecule has 0 saturated heterocycles. The quantitative estimate of drug-likeness (QED) is 0.762. The van der Waals surface area contributed by atoms with E-state index in [1.807, 2.05) is 0 Å². The Morgan fingerprint density at radius 2 is 2.05 bits per heavy atom. The fourth-order valence-corrected chi connectivity index (χ4v) is 4.05. The lowest BCUT2D eigenvalue weighted by Gasteiger charge is -2.27. The van der Waals surface area contributed by atoms with Gasteiger partial charge in [-0.1, -0.05) is 18.5 Å². The van der Waals surface area contributed by atoms with Gasteiger partial charge in [0.15, 0.2) is 0 Å². The van der Waals surface area contributed by atoms with Gasteiger partial charge in [0, 0.05) is 16.1 Å². The van der Waals surface area contributed by atoms with Crippen molar-refractivity contribution in [1.82, 2.24) is 5.32 Å². The number of hydrogen-bond donors (Lipinski definition) is 1. The van der Waals surface area contributed by atoms with Crippen molar-refractivity contribution in [3.8, 4) is 0 Å². The summed E-state index contributed by atoms with van der Waals surface area (Å²) in [5.74, 6) is 2.19. The minimum absolute atomic E-state index is 0.100. The van der Waals surface area contributed by atoms with Crippen LogP contribution in [0.2, 0.25) is 5.02 Å². The predicted octanol–water partition coefficient (Wildman–Crippen LogP) is 4.94. The lowest BCUT2D eigenvalue weighted by atomic mass is 9.89. The maximum Gasteiger partial charge on any atom is 0.129 e. The Kier molecular flexibility index (Phi) is 3.89. The van der Waals surface area contributed by atoms with Crippen LogP contribution in [0.4, 0.5) is 4.39 Å². The van der Waals surface area contributed by atoms with Gasteiger partial charge in [-0.25, -0.2) is 4.39 Å². The minimum Gasteiger partial charge on any atom is -0.310 e. The molecule has 104 valence electrons. The molecule has 1 nitrogen and oxygen atoms in total. The Balaban J connectivity index is 1.88. The summed E-state index contributed by atoms with van der Waals surface area (Å²) in [6.45, 7) is 2.92. The number of fused-ring (bicyclic) bond motifs is 1. The molecule has 0 amide bonds. The van der Waals surface area contributed by atoms with Gasteiger partial charge in [-0.2, -0.15) is 0 Å². The van der Waals surface area contributed by atoms with Gasteiger partial charge in [-0.05, 0) is 71.6 Å². The molecular weight excluding hydrogens is 329 g/mol. The summed E-state index contributed by atoms with van der Waals surface area (Å²) in [7, 11) is 0. The van der Waals surface area contributed by atoms with Crippen LogP contribution in [0.3, 0.4) is 0 Å². The SMILES string of the molecule is CCNC(c1cc(Cl)c(Br)cc1F)C1CC2CC2C1. The third-order valence-electron chi connectivity index (χ3n) is 4.55. The molecule has 3 rings (SSSR count). The zero-order valence-corrected chi connectivity index (χ0v) is 13.3. The lowest BCUT2D eigenvalue weighted by molar-refractivity contribution is 0.338. The second kappa shape index (κ2) is 5.34. The van der Waals surface area contributed by atoms with Gasteiger partial charge in [-0.15, -0.1) is 0 Å². The first-order valence-corrected chi connectivity index (χ1v) is 8.15. The Morgan fingerprint density at radius 1 is 1.37 bits per heavy atom. The molecule has 4 heteroatoms. The average molecular weight is 347 g/mol. The van der Waals surface area contributed by atoms with Gasteiger partial charge in [-0.3, -0.25) is 0 Å². The molecule has 0 aromatic heterocycles. The second-order valence-corrected chi connectivity index (χ2v) is 7.07. The van der Waals surface area contributed by atoms with Crippen LogP contribution in [0.25, 0.3) is 0 Å². The van der Waals surface area contributed by atoms with Gasteiger partial charge >= 0.3 is 0 Å². The molecule has 0 spiro atoms. The van der Waals surface area contributed by atoms with Crippen LogP contribution in [0.1, 0.15) is 37.8 Å². The first kappa shape index (κ1) is 13.8. The Hall–Kier alpha value is -0.120. The van der Waals surface area contributed by atoms with E-state index >= 15 is 0 Å². The molecule has 0 bridgehead atoms. The Labute approximate surface area is 127 Å². The van der Waals surface area contributed by atoms with Crippen LogP contribution in [0, 0.1) is 23.6 Å². The molecule has 19 heavy (non-hydrogen) atoms. The van der Waals surface area contributed by atoms with E-state index < -0.39 is 0 Å². The van der Waals surface area contributed by atoms with E-state index in [0.29, 0.717) is 15.4 Å². The highest BCUT2D eigenvalue weighted by molar-refractivity contribution is 9.10. The van der Waals surface area contributed by atoms with Crippen LogP contribution >= 0.6 is 27.5 Å². The van der Waals surface area contributed by atoms with Crippen molar-refractivity contribution < 1.29 is 4.39 Å². The first-order valence-electron chi connectivity index (χ1n) is 6.98. The van der Waals surface area contributed by atoms with Crippen molar-refractivity contribution in [1.29, 1.82) is 0 Å². The lowest BCUT2D eigenvalue weighted by Crippen LogP contribution is -2.28. The molecule has 3 atom stereocenters. The van der Waals surface area contributed by atoms with Gasteiger partial charge in [0.25, 0.3) is 0 Å². The topological polar surface area (TPSA) is 12.0 Å². The molecule has 1 N–H and O–H groups in total. The van der Waals surface area contributed by atoms with E-state index in [-0.39, 0.29) is 11.9 Å². The van der Waals surface area contributed by atoms with Gasteiger partial charge < -0.3 is 5.32 Å². The van der Waals surface area contributed by atoms with Crippen molar-refractivity contribution in [2.45, 2.75) is 32.2 Å². The fraction of sp³-hybridized carbons (Fsp3) is 0.600. The number of hydrogen-bond acceptors (Lipinski definition) is 1. The fourth-order valence-electron chi connectivity index (χ4n) is 3.56. The van der Waals surface area contributed by atoms with Crippen molar-refractivity contribution in [3.63, 3.8) is 0 Å². The van der Waals surface area contributed by atoms with Gasteiger partial charge in [0.1, 0.15) is 5.82 Å². The van der Waals surface area contributed by atoms with E-state index in [1.54, 1.807) is 6.07 Å². The summed E-state index contributed by atoms with van der Waals surface area (Å²) in [6, 6.07) is 3.36. The molecular formula is C15H18BrClFN. The molecule has 2 aliphatic rings. The summed E-state index contributed by atoms with van der Waals surface area (Å²) in [6.07, 6.45) is 3.85. The summed E-state index contributed by atoms with van der Waals surface area (Å²) < 4.78 is 14.9. The maximum absolute atomic E-state index is 14.2. The smallest absolute Gasteiger partial charge is 0.129 e. The third kappa shape index (κ3) is 2.70. The zero-order chi connectivity index (χ0) is 13.6. The van der Waals surface area contributed by atoms with E-state index in [4.69, 9.17) is 11.6 Å². The monoisotopic (exact) mass is 345 g/mol. The molecule has 2 saturated carbocycles. The standard InChI is InChI=1S/C15H18BrClFN/c1-2-19-15(10-4-8-3-9(8)5-10)11-6-13(17)12(16)7-14(11)18/h6-10,15,19H,2-5H2,1H3. The van der Waals surface area contributed by atoms with E-state index in [2.05, 4.69) is 28.2 Å². The average Bonchev–Trinajstić information content (AvgIpc) is 2.98. The highest BCUT2D eigenvalue weighted by Gasteiger charge is 2.48. The number of benzene rings is 1. The normalized spacial score (nSPS) is 30.2. The molecule has 0 heterocycles. The van der Waals surface area contributed by atoms with Crippen molar-refractivity contribution in [2.24, 2.45) is 17.8 Å². The third-order valence-corrected chi connectivity index (χ3v) is 5.75. The summed E-state index contributed by atoms with van der Waals surface area (Å²) in [5.41, 5.74) is 0.723. The summed E-state index contributed by atoms with van der Waals surface area (Å²) in [5, 5.41) is 4.04. The van der Waals surface area contributed by atoms with Crippen LogP contribution in [0.5, 0.6) is 0 Å². The van der Waals surface area contributed by atoms with Crippen molar-refractivity contribution in [3.05, 3.63) is 33.0 Å². The van der Waals surface area contributed by atoms with Gasteiger partial charge in [0.05, 0.1) is 5.02 Å². The molecule has 0 aliphatic heterocycles. The van der Waals surface area contributed by atoms with Crippen LogP contribution < -0.4 is 5.32 Å². The molecule has 1 aromatic rings. The van der Waals surface area contributed by atoms with Crippen molar-refractivity contribution >= 4 is 27.5 Å². The molecule has 0 radical (unpaired) electrons. The van der Waals surface area contributed by atoms with Crippen LogP contribution in [-0.2, 0) is 0 Å². The van der Waals surface area contributed by atoms with Gasteiger partial charge in [0.2, 0.25) is 0 Å². The van der Waals surface area contributed by atoms with E-state index in [9.17, 15) is 4.39 Å². The predicted molar refractivity (Wildman–Crippen MR) is 79.8 cm³/mol. The van der Waals surface area contributed by atoms with E-state index in [1.165, 1.54) is 25.3 Å². The molecule has 2 aliphatic carbocycles. The molecule has 1 aromatic carbocycles. The van der Waals surface area contributed by atoms with E-state index in [0.717, 1.165) is 23.9 Å². The minimum atomic E-state index is -0.164. The zero-order valence-electron chi connectivity index (χ0n) is 10.9. The largest absolute Gasteiger partial charge is 0.310 e.